The van der Waals surface area contributed by atoms with Crippen LogP contribution in [0, 0.1) is 5.41 Å². The Hall–Kier alpha value is -3.13. The molecule has 1 aliphatic heterocycles. The first-order valence-corrected chi connectivity index (χ1v) is 14.5. The SMILES string of the molecule is C[C@H]1CN(C(=O)CCCCSc2nnc(Cc3ccccc3)n2-c2ccccc2)CCN1C(=O)C(C)(C)C. The van der Waals surface area contributed by atoms with Gasteiger partial charge in [-0.2, -0.15) is 0 Å². The minimum atomic E-state index is -0.398. The Labute approximate surface area is 230 Å². The first-order chi connectivity index (χ1) is 18.2. The number of para-hydroxylation sites is 1. The lowest BCUT2D eigenvalue weighted by Crippen LogP contribution is -2.57. The van der Waals surface area contributed by atoms with Crippen LogP contribution in [0.5, 0.6) is 0 Å². The molecule has 1 saturated heterocycles. The van der Waals surface area contributed by atoms with E-state index in [2.05, 4.69) is 39.0 Å². The predicted molar refractivity (Wildman–Crippen MR) is 152 cm³/mol. The monoisotopic (exact) mass is 533 g/mol. The zero-order valence-electron chi connectivity index (χ0n) is 23.0. The van der Waals surface area contributed by atoms with E-state index in [1.807, 2.05) is 73.9 Å². The van der Waals surface area contributed by atoms with Crippen LogP contribution in [0.4, 0.5) is 0 Å². The van der Waals surface area contributed by atoms with Crippen molar-refractivity contribution in [3.05, 3.63) is 72.1 Å². The second-order valence-corrected chi connectivity index (χ2v) is 12.0. The standard InChI is InChI=1S/C30H39N5O2S/c1-23-22-33(18-19-34(23)28(37)30(2,3)4)27(36)17-11-12-20-38-29-32-31-26(21-24-13-7-5-8-14-24)35(29)25-15-9-6-10-16-25/h5-10,13-16,23H,11-12,17-22H2,1-4H3/t23-/m0/s1. The molecule has 1 fully saturated rings. The summed E-state index contributed by atoms with van der Waals surface area (Å²) in [5.41, 5.74) is 1.86. The van der Waals surface area contributed by atoms with Gasteiger partial charge in [-0.3, -0.25) is 14.2 Å². The third-order valence-corrected chi connectivity index (χ3v) is 7.83. The molecule has 1 atom stereocenters. The van der Waals surface area contributed by atoms with Gasteiger partial charge in [-0.15, -0.1) is 10.2 Å². The average molecular weight is 534 g/mol. The first kappa shape index (κ1) is 27.9. The number of benzene rings is 2. The summed E-state index contributed by atoms with van der Waals surface area (Å²) in [4.78, 5) is 29.4. The van der Waals surface area contributed by atoms with E-state index in [-0.39, 0.29) is 17.9 Å². The predicted octanol–water partition coefficient (Wildman–Crippen LogP) is 5.23. The molecule has 38 heavy (non-hydrogen) atoms. The van der Waals surface area contributed by atoms with Gasteiger partial charge in [0.05, 0.1) is 0 Å². The van der Waals surface area contributed by atoms with Gasteiger partial charge in [0, 0.05) is 55.4 Å². The molecule has 4 rings (SSSR count). The lowest BCUT2D eigenvalue weighted by Gasteiger charge is -2.42. The average Bonchev–Trinajstić information content (AvgIpc) is 3.30. The van der Waals surface area contributed by atoms with Gasteiger partial charge in [-0.1, -0.05) is 81.1 Å². The minimum absolute atomic E-state index is 0.0458. The Morgan fingerprint density at radius 2 is 1.63 bits per heavy atom. The molecule has 0 N–H and O–H groups in total. The number of unbranched alkanes of at least 4 members (excludes halogenated alkanes) is 1. The topological polar surface area (TPSA) is 71.3 Å². The summed E-state index contributed by atoms with van der Waals surface area (Å²) in [7, 11) is 0. The van der Waals surface area contributed by atoms with Gasteiger partial charge in [-0.05, 0) is 37.5 Å². The molecule has 1 aromatic heterocycles. The van der Waals surface area contributed by atoms with E-state index in [9.17, 15) is 9.59 Å². The summed E-state index contributed by atoms with van der Waals surface area (Å²) in [6, 6.07) is 20.6. The van der Waals surface area contributed by atoms with Gasteiger partial charge in [0.1, 0.15) is 5.82 Å². The number of hydrogen-bond donors (Lipinski definition) is 0. The molecule has 0 aliphatic carbocycles. The summed E-state index contributed by atoms with van der Waals surface area (Å²) in [5.74, 6) is 2.12. The van der Waals surface area contributed by atoms with Gasteiger partial charge in [0.15, 0.2) is 5.16 Å². The summed E-state index contributed by atoms with van der Waals surface area (Å²) in [5, 5.41) is 9.91. The number of hydrogen-bond acceptors (Lipinski definition) is 5. The molecule has 7 nitrogen and oxygen atoms in total. The molecule has 3 aromatic rings. The molecule has 202 valence electrons. The summed E-state index contributed by atoms with van der Waals surface area (Å²) in [6.07, 6.45) is 3.00. The van der Waals surface area contributed by atoms with E-state index in [1.165, 1.54) is 5.56 Å². The van der Waals surface area contributed by atoms with Gasteiger partial charge in [-0.25, -0.2) is 0 Å². The number of carbonyl (C=O) groups excluding carboxylic acids is 2. The van der Waals surface area contributed by atoms with E-state index in [4.69, 9.17) is 0 Å². The van der Waals surface area contributed by atoms with Crippen molar-refractivity contribution in [1.82, 2.24) is 24.6 Å². The van der Waals surface area contributed by atoms with Gasteiger partial charge in [0.25, 0.3) is 0 Å². The third-order valence-electron chi connectivity index (χ3n) is 6.82. The van der Waals surface area contributed by atoms with Gasteiger partial charge in [0.2, 0.25) is 11.8 Å². The summed E-state index contributed by atoms with van der Waals surface area (Å²) < 4.78 is 2.14. The molecule has 1 aliphatic rings. The highest BCUT2D eigenvalue weighted by Crippen LogP contribution is 2.25. The van der Waals surface area contributed by atoms with Crippen LogP contribution in [0.25, 0.3) is 5.69 Å². The largest absolute Gasteiger partial charge is 0.339 e. The molecule has 0 saturated carbocycles. The zero-order valence-corrected chi connectivity index (χ0v) is 23.8. The van der Waals surface area contributed by atoms with E-state index in [0.29, 0.717) is 32.5 Å². The van der Waals surface area contributed by atoms with Crippen molar-refractivity contribution in [2.24, 2.45) is 5.41 Å². The molecule has 0 unspecified atom stereocenters. The van der Waals surface area contributed by atoms with Crippen molar-refractivity contribution in [3.63, 3.8) is 0 Å². The highest BCUT2D eigenvalue weighted by Gasteiger charge is 2.34. The molecule has 2 aromatic carbocycles. The van der Waals surface area contributed by atoms with Crippen LogP contribution in [0.2, 0.25) is 0 Å². The van der Waals surface area contributed by atoms with Crippen LogP contribution in [0.15, 0.2) is 65.8 Å². The van der Waals surface area contributed by atoms with Crippen LogP contribution < -0.4 is 0 Å². The van der Waals surface area contributed by atoms with Gasteiger partial charge >= 0.3 is 0 Å². The molecule has 0 spiro atoms. The van der Waals surface area contributed by atoms with Crippen LogP contribution in [-0.2, 0) is 16.0 Å². The number of nitrogens with zero attached hydrogens (tertiary/aromatic N) is 5. The van der Waals surface area contributed by atoms with Crippen molar-refractivity contribution in [3.8, 4) is 5.69 Å². The van der Waals surface area contributed by atoms with Crippen molar-refractivity contribution >= 4 is 23.6 Å². The molecule has 2 heterocycles. The van der Waals surface area contributed by atoms with Crippen molar-refractivity contribution in [1.29, 1.82) is 0 Å². The maximum absolute atomic E-state index is 12.9. The Morgan fingerprint density at radius 1 is 0.947 bits per heavy atom. The van der Waals surface area contributed by atoms with Crippen LogP contribution >= 0.6 is 11.8 Å². The first-order valence-electron chi connectivity index (χ1n) is 13.5. The highest BCUT2D eigenvalue weighted by atomic mass is 32.2. The maximum atomic E-state index is 12.9. The van der Waals surface area contributed by atoms with Crippen molar-refractivity contribution < 1.29 is 9.59 Å². The Morgan fingerprint density at radius 3 is 2.29 bits per heavy atom. The Balaban J connectivity index is 1.28. The fraction of sp³-hybridized carbons (Fsp3) is 0.467. The third kappa shape index (κ3) is 7.04. The molecule has 8 heteroatoms. The number of aromatic nitrogens is 3. The normalized spacial score (nSPS) is 16.1. The lowest BCUT2D eigenvalue weighted by molar-refractivity contribution is -0.148. The van der Waals surface area contributed by atoms with Crippen molar-refractivity contribution in [2.75, 3.05) is 25.4 Å². The lowest BCUT2D eigenvalue weighted by atomic mass is 9.93. The van der Waals surface area contributed by atoms with E-state index >= 15 is 0 Å². The summed E-state index contributed by atoms with van der Waals surface area (Å²) in [6.45, 7) is 9.72. The van der Waals surface area contributed by atoms with Crippen LogP contribution in [0.3, 0.4) is 0 Å². The van der Waals surface area contributed by atoms with E-state index < -0.39 is 5.41 Å². The number of piperazine rings is 1. The fourth-order valence-electron chi connectivity index (χ4n) is 4.74. The minimum Gasteiger partial charge on any atom is -0.339 e. The van der Waals surface area contributed by atoms with Crippen LogP contribution in [-0.4, -0.2) is 67.8 Å². The maximum Gasteiger partial charge on any atom is 0.228 e. The van der Waals surface area contributed by atoms with Gasteiger partial charge < -0.3 is 9.80 Å². The summed E-state index contributed by atoms with van der Waals surface area (Å²) >= 11 is 1.69. The quantitative estimate of drug-likeness (QED) is 0.278. The molecule has 0 bridgehead atoms. The Kier molecular flexibility index (Phi) is 9.26. The molecular weight excluding hydrogens is 494 g/mol. The second-order valence-electron chi connectivity index (χ2n) is 11.0. The van der Waals surface area contributed by atoms with E-state index in [0.717, 1.165) is 35.3 Å². The Bertz CT molecular complexity index is 1210. The number of rotatable bonds is 9. The number of thioether (sulfide) groups is 1. The molecular formula is C30H39N5O2S. The van der Waals surface area contributed by atoms with Crippen LogP contribution in [0.1, 0.15) is 58.3 Å². The zero-order chi connectivity index (χ0) is 27.1. The van der Waals surface area contributed by atoms with Crippen molar-refractivity contribution in [2.45, 2.75) is 64.6 Å². The number of amides is 2. The highest BCUT2D eigenvalue weighted by molar-refractivity contribution is 7.99. The second kappa shape index (κ2) is 12.6. The smallest absolute Gasteiger partial charge is 0.228 e. The number of carbonyl (C=O) groups is 2. The molecule has 0 radical (unpaired) electrons. The molecule has 2 amide bonds. The fourth-order valence-corrected chi connectivity index (χ4v) is 5.71. The van der Waals surface area contributed by atoms with E-state index in [1.54, 1.807) is 11.8 Å².